The summed E-state index contributed by atoms with van der Waals surface area (Å²) in [5, 5.41) is 12.9. The molecule has 0 fully saturated rings. The lowest BCUT2D eigenvalue weighted by atomic mass is 9.82. The van der Waals surface area contributed by atoms with E-state index < -0.39 is 0 Å². The highest BCUT2D eigenvalue weighted by molar-refractivity contribution is 6.03. The molecule has 0 unspecified atom stereocenters. The zero-order chi connectivity index (χ0) is 24.6. The van der Waals surface area contributed by atoms with E-state index in [1.807, 2.05) is 24.4 Å². The lowest BCUT2D eigenvalue weighted by Crippen LogP contribution is -2.01. The maximum atomic E-state index is 4.58. The second-order valence-electron chi connectivity index (χ2n) is 9.33. The molecule has 3 heteroatoms. The molecule has 1 aromatic heterocycles. The summed E-state index contributed by atoms with van der Waals surface area (Å²) in [6.45, 7) is 0. The summed E-state index contributed by atoms with van der Waals surface area (Å²) in [4.78, 5) is 0. The Morgan fingerprint density at radius 2 is 1.11 bits per heavy atom. The molecule has 3 nitrogen and oxygen atoms in total. The molecular weight excluding hydrogens is 450 g/mol. The van der Waals surface area contributed by atoms with Gasteiger partial charge in [0.25, 0.3) is 0 Å². The molecule has 0 atom stereocenters. The first kappa shape index (κ1) is 21.4. The van der Waals surface area contributed by atoms with Crippen molar-refractivity contribution in [3.05, 3.63) is 139 Å². The van der Waals surface area contributed by atoms with Crippen LogP contribution in [0.1, 0.15) is 11.1 Å². The van der Waals surface area contributed by atoms with Gasteiger partial charge in [0.2, 0.25) is 0 Å². The molecular formula is C34H23N3. The topological polar surface area (TPSA) is 38.7 Å². The zero-order valence-electron chi connectivity index (χ0n) is 20.2. The Kier molecular flexibility index (Phi) is 5.18. The summed E-state index contributed by atoms with van der Waals surface area (Å²) in [5.74, 6) is 0. The van der Waals surface area contributed by atoms with Gasteiger partial charge >= 0.3 is 0 Å². The van der Waals surface area contributed by atoms with Crippen LogP contribution in [-0.4, -0.2) is 15.4 Å². The largest absolute Gasteiger partial charge is 0.138 e. The van der Waals surface area contributed by atoms with E-state index in [-0.39, 0.29) is 0 Å². The van der Waals surface area contributed by atoms with E-state index >= 15 is 0 Å². The molecule has 0 radical (unpaired) electrons. The first-order valence-corrected chi connectivity index (χ1v) is 12.5. The van der Waals surface area contributed by atoms with Crippen molar-refractivity contribution in [2.75, 3.05) is 0 Å². The SMILES string of the molecule is c1ccc(-c2cc3c(c(-c4cnnnc4-c4ccccc4)c2-c2ccccc2)Cc2ccccc2-3)cc1. The van der Waals surface area contributed by atoms with Crippen molar-refractivity contribution in [3.8, 4) is 55.8 Å². The number of hydrogen-bond donors (Lipinski definition) is 0. The van der Waals surface area contributed by atoms with Crippen molar-refractivity contribution in [1.82, 2.24) is 15.4 Å². The standard InChI is InChI=1S/C34H23N3/c1-4-12-23(13-5-1)28-21-29-27-19-11-10-18-26(27)20-30(29)33(32(28)24-14-6-2-7-15-24)31-22-35-37-36-34(31)25-16-8-3-9-17-25/h1-19,21-22H,20H2. The van der Waals surface area contributed by atoms with Crippen molar-refractivity contribution in [3.63, 3.8) is 0 Å². The van der Waals surface area contributed by atoms with Gasteiger partial charge in [-0.15, -0.1) is 10.2 Å². The molecule has 37 heavy (non-hydrogen) atoms. The molecule has 0 saturated carbocycles. The highest BCUT2D eigenvalue weighted by atomic mass is 15.3. The molecule has 174 valence electrons. The van der Waals surface area contributed by atoms with Crippen molar-refractivity contribution in [2.45, 2.75) is 6.42 Å². The summed E-state index contributed by atoms with van der Waals surface area (Å²) < 4.78 is 0. The number of rotatable bonds is 4. The van der Waals surface area contributed by atoms with Crippen LogP contribution >= 0.6 is 0 Å². The van der Waals surface area contributed by atoms with Gasteiger partial charge in [0.1, 0.15) is 5.69 Å². The Balaban J connectivity index is 1.64. The molecule has 0 spiro atoms. The Labute approximate surface area is 216 Å². The van der Waals surface area contributed by atoms with Gasteiger partial charge < -0.3 is 0 Å². The monoisotopic (exact) mass is 473 g/mol. The van der Waals surface area contributed by atoms with Crippen LogP contribution in [0, 0.1) is 0 Å². The van der Waals surface area contributed by atoms with Crippen LogP contribution in [0.2, 0.25) is 0 Å². The van der Waals surface area contributed by atoms with Crippen LogP contribution < -0.4 is 0 Å². The first-order valence-electron chi connectivity index (χ1n) is 12.5. The normalized spacial score (nSPS) is 11.7. The van der Waals surface area contributed by atoms with Crippen molar-refractivity contribution < 1.29 is 0 Å². The second kappa shape index (κ2) is 8.96. The van der Waals surface area contributed by atoms with E-state index in [0.717, 1.165) is 23.2 Å². The van der Waals surface area contributed by atoms with Gasteiger partial charge in [-0.05, 0) is 67.8 Å². The van der Waals surface area contributed by atoms with E-state index in [1.54, 1.807) is 0 Å². The van der Waals surface area contributed by atoms with Crippen LogP contribution in [0.25, 0.3) is 55.8 Å². The highest BCUT2D eigenvalue weighted by Crippen LogP contribution is 2.51. The fourth-order valence-corrected chi connectivity index (χ4v) is 5.58. The highest BCUT2D eigenvalue weighted by Gasteiger charge is 2.29. The molecule has 1 aliphatic rings. The summed E-state index contributed by atoms with van der Waals surface area (Å²) >= 11 is 0. The first-order chi connectivity index (χ1) is 18.4. The van der Waals surface area contributed by atoms with Gasteiger partial charge in [-0.2, -0.15) is 0 Å². The number of aromatic nitrogens is 3. The van der Waals surface area contributed by atoms with E-state index in [0.29, 0.717) is 0 Å². The number of benzene rings is 5. The third-order valence-electron chi connectivity index (χ3n) is 7.21. The van der Waals surface area contributed by atoms with Crippen LogP contribution in [0.15, 0.2) is 128 Å². The van der Waals surface area contributed by atoms with Crippen LogP contribution in [-0.2, 0) is 6.42 Å². The van der Waals surface area contributed by atoms with Crippen molar-refractivity contribution in [2.24, 2.45) is 0 Å². The minimum Gasteiger partial charge on any atom is -0.138 e. The lowest BCUT2D eigenvalue weighted by Gasteiger charge is -2.21. The van der Waals surface area contributed by atoms with Crippen LogP contribution in [0.4, 0.5) is 0 Å². The van der Waals surface area contributed by atoms with Crippen LogP contribution in [0.5, 0.6) is 0 Å². The predicted molar refractivity (Wildman–Crippen MR) is 150 cm³/mol. The van der Waals surface area contributed by atoms with E-state index in [9.17, 15) is 0 Å². The molecule has 0 bridgehead atoms. The Bertz CT molecular complexity index is 1730. The van der Waals surface area contributed by atoms with E-state index in [2.05, 4.69) is 119 Å². The summed E-state index contributed by atoms with van der Waals surface area (Å²) in [6.07, 6.45) is 2.75. The van der Waals surface area contributed by atoms with Gasteiger partial charge in [-0.3, -0.25) is 0 Å². The maximum absolute atomic E-state index is 4.58. The number of fused-ring (bicyclic) bond motifs is 3. The Morgan fingerprint density at radius 3 is 1.84 bits per heavy atom. The Hall–Kier alpha value is -4.89. The van der Waals surface area contributed by atoms with Crippen molar-refractivity contribution >= 4 is 0 Å². The van der Waals surface area contributed by atoms with E-state index in [4.69, 9.17) is 0 Å². The fraction of sp³-hybridized carbons (Fsp3) is 0.0294. The van der Waals surface area contributed by atoms with Gasteiger partial charge in [-0.25, -0.2) is 0 Å². The molecule has 0 aliphatic heterocycles. The third-order valence-corrected chi connectivity index (χ3v) is 7.21. The molecule has 7 rings (SSSR count). The molecule has 6 aromatic rings. The number of hydrogen-bond acceptors (Lipinski definition) is 3. The quantitative estimate of drug-likeness (QED) is 0.259. The molecule has 5 aromatic carbocycles. The lowest BCUT2D eigenvalue weighted by molar-refractivity contribution is 0.873. The molecule has 1 heterocycles. The predicted octanol–water partition coefficient (Wildman–Crippen LogP) is 8.11. The van der Waals surface area contributed by atoms with Gasteiger partial charge in [0, 0.05) is 11.1 Å². The summed E-state index contributed by atoms with van der Waals surface area (Å²) in [6, 6.07) is 42.8. The van der Waals surface area contributed by atoms with Gasteiger partial charge in [-0.1, -0.05) is 115 Å². The molecule has 1 aliphatic carbocycles. The Morgan fingerprint density at radius 1 is 0.486 bits per heavy atom. The zero-order valence-corrected chi connectivity index (χ0v) is 20.2. The summed E-state index contributed by atoms with van der Waals surface area (Å²) in [7, 11) is 0. The smallest absolute Gasteiger partial charge is 0.104 e. The maximum Gasteiger partial charge on any atom is 0.104 e. The van der Waals surface area contributed by atoms with Gasteiger partial charge in [0.05, 0.1) is 6.20 Å². The summed E-state index contributed by atoms with van der Waals surface area (Å²) in [5.41, 5.74) is 14.0. The van der Waals surface area contributed by atoms with Crippen molar-refractivity contribution in [1.29, 1.82) is 0 Å². The minimum absolute atomic E-state index is 0.844. The molecule has 0 amide bonds. The third kappa shape index (κ3) is 3.64. The van der Waals surface area contributed by atoms with E-state index in [1.165, 1.54) is 50.1 Å². The minimum atomic E-state index is 0.844. The second-order valence-corrected chi connectivity index (χ2v) is 9.33. The fourth-order valence-electron chi connectivity index (χ4n) is 5.58. The number of nitrogens with zero attached hydrogens (tertiary/aromatic N) is 3. The molecule has 0 saturated heterocycles. The van der Waals surface area contributed by atoms with Crippen LogP contribution in [0.3, 0.4) is 0 Å². The molecule has 0 N–H and O–H groups in total. The average molecular weight is 474 g/mol. The average Bonchev–Trinajstić information content (AvgIpc) is 3.36. The van der Waals surface area contributed by atoms with Gasteiger partial charge in [0.15, 0.2) is 0 Å².